The summed E-state index contributed by atoms with van der Waals surface area (Å²) in [5.74, 6) is 0. The Morgan fingerprint density at radius 1 is 0.857 bits per heavy atom. The van der Waals surface area contributed by atoms with Crippen molar-refractivity contribution in [2.24, 2.45) is 0 Å². The zero-order chi connectivity index (χ0) is 14.6. The van der Waals surface area contributed by atoms with Crippen LogP contribution in [0.25, 0.3) is 27.1 Å². The Morgan fingerprint density at radius 3 is 2.48 bits per heavy atom. The molecule has 1 aliphatic rings. The van der Waals surface area contributed by atoms with Gasteiger partial charge in [0, 0.05) is 0 Å². The van der Waals surface area contributed by atoms with Gasteiger partial charge in [-0.2, -0.15) is 0 Å². The van der Waals surface area contributed by atoms with Crippen LogP contribution in [0.15, 0.2) is 54.6 Å². The summed E-state index contributed by atoms with van der Waals surface area (Å²) in [6.07, 6.45) is 0.0548. The Morgan fingerprint density at radius 2 is 1.62 bits per heavy atom. The Labute approximate surface area is 123 Å². The van der Waals surface area contributed by atoms with Gasteiger partial charge in [-0.1, -0.05) is 36.4 Å². The van der Waals surface area contributed by atoms with E-state index >= 15 is 0 Å². The van der Waals surface area contributed by atoms with Gasteiger partial charge in [-0.15, -0.1) is 0 Å². The van der Waals surface area contributed by atoms with E-state index in [1.807, 2.05) is 25.1 Å². The second-order valence-corrected chi connectivity index (χ2v) is 5.73. The molecule has 104 valence electrons. The molecule has 2 atom stereocenters. The standard InChI is InChI=1S/C19H16O2/c1-11-8-18(20)19(21)17-9-13-7-6-12-4-2-3-5-14(12)16(13)10-15(11)17/h2-10,18-21H,1H3/t18-,19-/m0/s1. The van der Waals surface area contributed by atoms with Crippen LogP contribution in [-0.2, 0) is 0 Å². The molecule has 0 radical (unpaired) electrons. The van der Waals surface area contributed by atoms with Gasteiger partial charge in [-0.3, -0.25) is 0 Å². The molecular weight excluding hydrogens is 260 g/mol. The van der Waals surface area contributed by atoms with Crippen LogP contribution in [0.1, 0.15) is 24.2 Å². The van der Waals surface area contributed by atoms with Crippen molar-refractivity contribution < 1.29 is 10.2 Å². The Balaban J connectivity index is 2.11. The molecule has 0 amide bonds. The lowest BCUT2D eigenvalue weighted by Gasteiger charge is -2.25. The third-order valence-electron chi connectivity index (χ3n) is 4.40. The molecule has 4 rings (SSSR count). The molecule has 3 aromatic carbocycles. The average Bonchev–Trinajstić information content (AvgIpc) is 2.51. The average molecular weight is 276 g/mol. The molecule has 0 saturated carbocycles. The smallest absolute Gasteiger partial charge is 0.109 e. The first kappa shape index (κ1) is 12.6. The summed E-state index contributed by atoms with van der Waals surface area (Å²) >= 11 is 0. The van der Waals surface area contributed by atoms with Crippen LogP contribution in [0.5, 0.6) is 0 Å². The van der Waals surface area contributed by atoms with Gasteiger partial charge in [-0.25, -0.2) is 0 Å². The van der Waals surface area contributed by atoms with E-state index in [1.54, 1.807) is 6.08 Å². The van der Waals surface area contributed by atoms with Crippen molar-refractivity contribution >= 4 is 27.1 Å². The fraction of sp³-hybridized carbons (Fsp3) is 0.158. The first-order chi connectivity index (χ1) is 10.1. The van der Waals surface area contributed by atoms with Gasteiger partial charge < -0.3 is 10.2 Å². The number of aliphatic hydroxyl groups is 2. The minimum atomic E-state index is -0.848. The maximum absolute atomic E-state index is 10.2. The van der Waals surface area contributed by atoms with E-state index in [0.29, 0.717) is 0 Å². The Kier molecular flexibility index (Phi) is 2.64. The summed E-state index contributed by atoms with van der Waals surface area (Å²) < 4.78 is 0. The van der Waals surface area contributed by atoms with Crippen molar-refractivity contribution in [2.75, 3.05) is 0 Å². The molecule has 2 heteroatoms. The normalized spacial score (nSPS) is 21.4. The highest BCUT2D eigenvalue weighted by atomic mass is 16.3. The van der Waals surface area contributed by atoms with Crippen molar-refractivity contribution in [3.63, 3.8) is 0 Å². The van der Waals surface area contributed by atoms with Crippen molar-refractivity contribution in [3.05, 3.63) is 65.7 Å². The number of hydrogen-bond acceptors (Lipinski definition) is 2. The monoisotopic (exact) mass is 276 g/mol. The fourth-order valence-corrected chi connectivity index (χ4v) is 3.28. The molecule has 0 unspecified atom stereocenters. The molecule has 1 aliphatic carbocycles. The maximum atomic E-state index is 10.2. The highest BCUT2D eigenvalue weighted by molar-refractivity contribution is 6.08. The Hall–Kier alpha value is -2.16. The lowest BCUT2D eigenvalue weighted by molar-refractivity contribution is 0.0466. The summed E-state index contributed by atoms with van der Waals surface area (Å²) in [5.41, 5.74) is 2.85. The first-order valence-electron chi connectivity index (χ1n) is 7.15. The third kappa shape index (κ3) is 1.80. The molecule has 0 spiro atoms. The zero-order valence-electron chi connectivity index (χ0n) is 11.7. The molecule has 21 heavy (non-hydrogen) atoms. The second-order valence-electron chi connectivity index (χ2n) is 5.73. The van der Waals surface area contributed by atoms with Crippen molar-refractivity contribution in [3.8, 4) is 0 Å². The number of aliphatic hydroxyl groups excluding tert-OH is 2. The summed E-state index contributed by atoms with van der Waals surface area (Å²) in [6.45, 7) is 1.98. The molecule has 2 nitrogen and oxygen atoms in total. The number of fused-ring (bicyclic) bond motifs is 4. The zero-order valence-corrected chi connectivity index (χ0v) is 11.7. The lowest BCUT2D eigenvalue weighted by atomic mass is 9.85. The number of hydrogen-bond donors (Lipinski definition) is 2. The molecule has 2 N–H and O–H groups in total. The summed E-state index contributed by atoms with van der Waals surface area (Å²) in [6, 6.07) is 16.6. The van der Waals surface area contributed by atoms with Crippen molar-refractivity contribution in [1.82, 2.24) is 0 Å². The number of rotatable bonds is 0. The predicted molar refractivity (Wildman–Crippen MR) is 86.1 cm³/mol. The first-order valence-corrected chi connectivity index (χ1v) is 7.15. The lowest BCUT2D eigenvalue weighted by Crippen LogP contribution is -2.20. The van der Waals surface area contributed by atoms with Gasteiger partial charge >= 0.3 is 0 Å². The van der Waals surface area contributed by atoms with E-state index in [1.165, 1.54) is 16.2 Å². The molecule has 0 saturated heterocycles. The van der Waals surface area contributed by atoms with Gasteiger partial charge in [0.05, 0.1) is 0 Å². The van der Waals surface area contributed by atoms with Crippen LogP contribution in [0.2, 0.25) is 0 Å². The molecule has 0 fully saturated rings. The van der Waals surface area contributed by atoms with E-state index in [9.17, 15) is 10.2 Å². The maximum Gasteiger partial charge on any atom is 0.109 e. The van der Waals surface area contributed by atoms with Crippen LogP contribution in [0.3, 0.4) is 0 Å². The van der Waals surface area contributed by atoms with Crippen LogP contribution in [0, 0.1) is 0 Å². The van der Waals surface area contributed by atoms with E-state index in [4.69, 9.17) is 0 Å². The molecule has 0 aliphatic heterocycles. The van der Waals surface area contributed by atoms with Crippen LogP contribution >= 0.6 is 0 Å². The fourth-order valence-electron chi connectivity index (χ4n) is 3.28. The van der Waals surface area contributed by atoms with Gasteiger partial charge in [0.25, 0.3) is 0 Å². The molecule has 0 aromatic heterocycles. The topological polar surface area (TPSA) is 40.5 Å². The highest BCUT2D eigenvalue weighted by Gasteiger charge is 2.25. The molecular formula is C19H16O2. The second kappa shape index (κ2) is 4.42. The van der Waals surface area contributed by atoms with Crippen LogP contribution in [-0.4, -0.2) is 16.3 Å². The van der Waals surface area contributed by atoms with E-state index in [2.05, 4.69) is 30.3 Å². The van der Waals surface area contributed by atoms with Crippen molar-refractivity contribution in [1.29, 1.82) is 0 Å². The van der Waals surface area contributed by atoms with Crippen molar-refractivity contribution in [2.45, 2.75) is 19.1 Å². The predicted octanol–water partition coefficient (Wildman–Crippen LogP) is 3.80. The summed E-state index contributed by atoms with van der Waals surface area (Å²) in [4.78, 5) is 0. The SMILES string of the molecule is CC1=C[C@H](O)[C@@H](O)c2cc3ccc4ccccc4c3cc21. The minimum Gasteiger partial charge on any atom is -0.386 e. The third-order valence-corrected chi connectivity index (χ3v) is 4.40. The highest BCUT2D eigenvalue weighted by Crippen LogP contribution is 2.37. The largest absolute Gasteiger partial charge is 0.386 e. The molecule has 0 heterocycles. The minimum absolute atomic E-state index is 0.810. The van der Waals surface area contributed by atoms with Gasteiger partial charge in [-0.05, 0) is 63.4 Å². The quantitative estimate of drug-likeness (QED) is 0.613. The van der Waals surface area contributed by atoms with Crippen LogP contribution in [0.4, 0.5) is 0 Å². The number of benzene rings is 3. The van der Waals surface area contributed by atoms with Gasteiger partial charge in [0.1, 0.15) is 12.2 Å². The van der Waals surface area contributed by atoms with E-state index in [-0.39, 0.29) is 0 Å². The molecule has 3 aromatic rings. The summed E-state index contributed by atoms with van der Waals surface area (Å²) in [7, 11) is 0. The number of allylic oxidation sites excluding steroid dienone is 1. The van der Waals surface area contributed by atoms with Gasteiger partial charge in [0.2, 0.25) is 0 Å². The Bertz CT molecular complexity index is 893. The van der Waals surface area contributed by atoms with E-state index < -0.39 is 12.2 Å². The van der Waals surface area contributed by atoms with Gasteiger partial charge in [0.15, 0.2) is 0 Å². The van der Waals surface area contributed by atoms with E-state index in [0.717, 1.165) is 22.1 Å². The molecule has 0 bridgehead atoms. The summed E-state index contributed by atoms with van der Waals surface area (Å²) in [5, 5.41) is 24.8. The van der Waals surface area contributed by atoms with Crippen LogP contribution < -0.4 is 0 Å².